The van der Waals surface area contributed by atoms with Crippen molar-refractivity contribution in [1.29, 1.82) is 0 Å². The highest BCUT2D eigenvalue weighted by Gasteiger charge is 2.24. The minimum atomic E-state index is -0.476. The average Bonchev–Trinajstić information content (AvgIpc) is 2.73. The first-order valence-electron chi connectivity index (χ1n) is 7.48. The van der Waals surface area contributed by atoms with Gasteiger partial charge in [0, 0.05) is 32.0 Å². The molecule has 0 spiro atoms. The second-order valence-electron chi connectivity index (χ2n) is 6.96. The molecule has 0 aromatic carbocycles. The van der Waals surface area contributed by atoms with Crippen LogP contribution in [-0.4, -0.2) is 28.3 Å². The molecule has 0 unspecified atom stereocenters. The number of aryl methyl sites for hydroxylation is 1. The Balaban J connectivity index is 2.36. The van der Waals surface area contributed by atoms with Gasteiger partial charge < -0.3 is 19.9 Å². The predicted octanol–water partition coefficient (Wildman–Crippen LogP) is 2.90. The van der Waals surface area contributed by atoms with Crippen LogP contribution in [-0.2, 0) is 17.8 Å². The van der Waals surface area contributed by atoms with Crippen LogP contribution in [0.15, 0.2) is 18.5 Å². The molecule has 0 aliphatic carbocycles. The summed E-state index contributed by atoms with van der Waals surface area (Å²) in [6, 6.07) is 2.10. The molecule has 1 heterocycles. The van der Waals surface area contributed by atoms with Crippen molar-refractivity contribution in [2.45, 2.75) is 65.8 Å². The summed E-state index contributed by atoms with van der Waals surface area (Å²) in [6.07, 6.45) is 3.81. The monoisotopic (exact) mass is 295 g/mol. The van der Waals surface area contributed by atoms with Gasteiger partial charge in [-0.3, -0.25) is 0 Å². The van der Waals surface area contributed by atoms with E-state index in [1.54, 1.807) is 0 Å². The molecule has 0 atom stereocenters. The van der Waals surface area contributed by atoms with Gasteiger partial charge in [0.25, 0.3) is 0 Å². The van der Waals surface area contributed by atoms with E-state index < -0.39 is 5.60 Å². The van der Waals surface area contributed by atoms with Crippen LogP contribution in [0.3, 0.4) is 0 Å². The number of rotatable bonds is 6. The first-order valence-corrected chi connectivity index (χ1v) is 7.48. The maximum Gasteiger partial charge on any atom is 0.408 e. The van der Waals surface area contributed by atoms with Crippen molar-refractivity contribution in [2.75, 3.05) is 6.54 Å². The Morgan fingerprint density at radius 2 is 1.95 bits per heavy atom. The fourth-order valence-electron chi connectivity index (χ4n) is 1.94. The summed E-state index contributed by atoms with van der Waals surface area (Å²) in [6.45, 7) is 14.1. The molecule has 0 fully saturated rings. The maximum absolute atomic E-state index is 11.8. The lowest BCUT2D eigenvalue weighted by Crippen LogP contribution is -2.51. The Hall–Kier alpha value is -1.49. The summed E-state index contributed by atoms with van der Waals surface area (Å²) in [7, 11) is 0. The first-order chi connectivity index (χ1) is 9.61. The van der Waals surface area contributed by atoms with E-state index in [2.05, 4.69) is 40.6 Å². The molecule has 1 aromatic heterocycles. The van der Waals surface area contributed by atoms with Gasteiger partial charge >= 0.3 is 6.09 Å². The van der Waals surface area contributed by atoms with Crippen molar-refractivity contribution in [3.05, 3.63) is 24.0 Å². The van der Waals surface area contributed by atoms with Crippen LogP contribution in [0.2, 0.25) is 0 Å². The van der Waals surface area contributed by atoms with Gasteiger partial charge in [-0.1, -0.05) is 0 Å². The fraction of sp³-hybridized carbons (Fsp3) is 0.688. The zero-order chi connectivity index (χ0) is 16.1. The van der Waals surface area contributed by atoms with Gasteiger partial charge in [0.05, 0.1) is 5.54 Å². The third-order valence-corrected chi connectivity index (χ3v) is 2.91. The quantitative estimate of drug-likeness (QED) is 0.848. The number of ether oxygens (including phenoxy) is 1. The van der Waals surface area contributed by atoms with Crippen molar-refractivity contribution in [3.8, 4) is 0 Å². The van der Waals surface area contributed by atoms with Crippen LogP contribution >= 0.6 is 0 Å². The number of hydrogen-bond donors (Lipinski definition) is 2. The van der Waals surface area contributed by atoms with Gasteiger partial charge in [-0.15, -0.1) is 0 Å². The topological polar surface area (TPSA) is 55.3 Å². The van der Waals surface area contributed by atoms with E-state index in [-0.39, 0.29) is 11.6 Å². The Kier molecular flexibility index (Phi) is 5.84. The van der Waals surface area contributed by atoms with E-state index in [9.17, 15) is 4.79 Å². The molecule has 120 valence electrons. The van der Waals surface area contributed by atoms with E-state index in [1.807, 2.05) is 34.6 Å². The molecule has 0 saturated heterocycles. The van der Waals surface area contributed by atoms with Gasteiger partial charge in [0.2, 0.25) is 0 Å². The molecule has 1 rings (SSSR count). The summed E-state index contributed by atoms with van der Waals surface area (Å²) in [4.78, 5) is 11.8. The summed E-state index contributed by atoms with van der Waals surface area (Å²) < 4.78 is 7.41. The minimum Gasteiger partial charge on any atom is -0.444 e. The SMILES string of the molecule is CCn1ccc(CNCC(C)(C)NC(=O)OC(C)(C)C)c1. The largest absolute Gasteiger partial charge is 0.444 e. The van der Waals surface area contributed by atoms with Gasteiger partial charge in [0.15, 0.2) is 0 Å². The number of carbonyl (C=O) groups is 1. The molecule has 0 bridgehead atoms. The minimum absolute atomic E-state index is 0.365. The van der Waals surface area contributed by atoms with Crippen molar-refractivity contribution in [2.24, 2.45) is 0 Å². The number of carbonyl (C=O) groups excluding carboxylic acids is 1. The average molecular weight is 295 g/mol. The van der Waals surface area contributed by atoms with E-state index >= 15 is 0 Å². The van der Waals surface area contributed by atoms with Crippen molar-refractivity contribution in [1.82, 2.24) is 15.2 Å². The van der Waals surface area contributed by atoms with Crippen LogP contribution in [0.25, 0.3) is 0 Å². The van der Waals surface area contributed by atoms with Crippen molar-refractivity contribution >= 4 is 6.09 Å². The number of amides is 1. The zero-order valence-electron chi connectivity index (χ0n) is 14.1. The van der Waals surface area contributed by atoms with E-state index in [0.717, 1.165) is 13.1 Å². The van der Waals surface area contributed by atoms with E-state index in [1.165, 1.54) is 5.56 Å². The summed E-state index contributed by atoms with van der Waals surface area (Å²) in [5, 5.41) is 6.25. The predicted molar refractivity (Wildman–Crippen MR) is 85.3 cm³/mol. The number of hydrogen-bond acceptors (Lipinski definition) is 3. The molecule has 1 amide bonds. The third-order valence-electron chi connectivity index (χ3n) is 2.91. The number of alkyl carbamates (subject to hydrolysis) is 1. The molecule has 5 nitrogen and oxygen atoms in total. The van der Waals surface area contributed by atoms with Crippen molar-refractivity contribution < 1.29 is 9.53 Å². The standard InChI is InChI=1S/C16H29N3O2/c1-7-19-9-8-13(11-19)10-17-12-16(5,6)18-14(20)21-15(2,3)4/h8-9,11,17H,7,10,12H2,1-6H3,(H,18,20). The molecule has 0 saturated carbocycles. The number of aromatic nitrogens is 1. The molecular weight excluding hydrogens is 266 g/mol. The number of nitrogens with zero attached hydrogens (tertiary/aromatic N) is 1. The maximum atomic E-state index is 11.8. The van der Waals surface area contributed by atoms with Gasteiger partial charge in [0.1, 0.15) is 5.60 Å². The highest BCUT2D eigenvalue weighted by Crippen LogP contribution is 2.09. The smallest absolute Gasteiger partial charge is 0.408 e. The van der Waals surface area contributed by atoms with Crippen LogP contribution < -0.4 is 10.6 Å². The van der Waals surface area contributed by atoms with Crippen LogP contribution in [0.4, 0.5) is 4.79 Å². The normalized spacial score (nSPS) is 12.3. The Morgan fingerprint density at radius 3 is 2.48 bits per heavy atom. The lowest BCUT2D eigenvalue weighted by atomic mass is 10.1. The molecule has 1 aromatic rings. The molecule has 2 N–H and O–H groups in total. The molecular formula is C16H29N3O2. The second-order valence-corrected chi connectivity index (χ2v) is 6.96. The summed E-state index contributed by atoms with van der Waals surface area (Å²) >= 11 is 0. The Morgan fingerprint density at radius 1 is 1.29 bits per heavy atom. The van der Waals surface area contributed by atoms with Gasteiger partial charge in [-0.05, 0) is 53.2 Å². The summed E-state index contributed by atoms with van der Waals surface area (Å²) in [5.74, 6) is 0. The Labute approximate surface area is 128 Å². The Bertz CT molecular complexity index is 458. The highest BCUT2D eigenvalue weighted by atomic mass is 16.6. The molecule has 0 aliphatic heterocycles. The van der Waals surface area contributed by atoms with Crippen LogP contribution in [0.5, 0.6) is 0 Å². The highest BCUT2D eigenvalue weighted by molar-refractivity contribution is 5.68. The molecule has 21 heavy (non-hydrogen) atoms. The second kappa shape index (κ2) is 6.98. The van der Waals surface area contributed by atoms with Gasteiger partial charge in [-0.25, -0.2) is 4.79 Å². The van der Waals surface area contributed by atoms with Crippen molar-refractivity contribution in [3.63, 3.8) is 0 Å². The number of nitrogens with one attached hydrogen (secondary N) is 2. The molecule has 0 aliphatic rings. The van der Waals surface area contributed by atoms with Crippen LogP contribution in [0.1, 0.15) is 47.1 Å². The van der Waals surface area contributed by atoms with Crippen LogP contribution in [0, 0.1) is 0 Å². The van der Waals surface area contributed by atoms with E-state index in [0.29, 0.717) is 6.54 Å². The lowest BCUT2D eigenvalue weighted by Gasteiger charge is -2.28. The van der Waals surface area contributed by atoms with E-state index in [4.69, 9.17) is 4.74 Å². The summed E-state index contributed by atoms with van der Waals surface area (Å²) in [5.41, 5.74) is 0.400. The molecule has 0 radical (unpaired) electrons. The zero-order valence-corrected chi connectivity index (χ0v) is 14.1. The lowest BCUT2D eigenvalue weighted by molar-refractivity contribution is 0.0472. The fourth-order valence-corrected chi connectivity index (χ4v) is 1.94. The van der Waals surface area contributed by atoms with Gasteiger partial charge in [-0.2, -0.15) is 0 Å². The first kappa shape index (κ1) is 17.6. The third kappa shape index (κ3) is 7.18. The molecule has 5 heteroatoms.